The SMILES string of the molecule is O=c1ccn([C@@H]2O[C@H](CO)[C@@](O)(P(=O)(O)O)[C@@H]2O)c(=O)[nH]1. The maximum atomic E-state index is 11.6. The molecule has 118 valence electrons. The summed E-state index contributed by atoms with van der Waals surface area (Å²) >= 11 is 0. The number of rotatable bonds is 3. The molecule has 12 heteroatoms. The van der Waals surface area contributed by atoms with Gasteiger partial charge in [-0.05, 0) is 0 Å². The number of nitrogens with one attached hydrogen (secondary N) is 1. The van der Waals surface area contributed by atoms with Crippen molar-refractivity contribution in [2.45, 2.75) is 23.8 Å². The van der Waals surface area contributed by atoms with Crippen LogP contribution in [0.2, 0.25) is 0 Å². The zero-order valence-electron chi connectivity index (χ0n) is 10.4. The second kappa shape index (κ2) is 5.14. The van der Waals surface area contributed by atoms with E-state index in [0.717, 1.165) is 12.3 Å². The number of nitrogens with zero attached hydrogens (tertiary/aromatic N) is 1. The molecule has 0 radical (unpaired) electrons. The van der Waals surface area contributed by atoms with Crippen LogP contribution in [0.5, 0.6) is 0 Å². The summed E-state index contributed by atoms with van der Waals surface area (Å²) in [5.41, 5.74) is -1.74. The molecule has 11 nitrogen and oxygen atoms in total. The third-order valence-corrected chi connectivity index (χ3v) is 4.73. The molecular formula is C9H13N2O9P. The average molecular weight is 324 g/mol. The van der Waals surface area contributed by atoms with E-state index in [0.29, 0.717) is 4.57 Å². The van der Waals surface area contributed by atoms with Gasteiger partial charge in [0.2, 0.25) is 5.34 Å². The van der Waals surface area contributed by atoms with Gasteiger partial charge in [-0.2, -0.15) is 0 Å². The van der Waals surface area contributed by atoms with Gasteiger partial charge in [-0.25, -0.2) is 4.79 Å². The first-order valence-corrected chi connectivity index (χ1v) is 7.28. The van der Waals surface area contributed by atoms with Crippen molar-refractivity contribution >= 4 is 7.60 Å². The first kappa shape index (κ1) is 16.0. The quantitative estimate of drug-likeness (QED) is 0.309. The van der Waals surface area contributed by atoms with Gasteiger partial charge in [0, 0.05) is 12.3 Å². The minimum absolute atomic E-state index is 0.641. The summed E-state index contributed by atoms with van der Waals surface area (Å²) in [6, 6.07) is 0.917. The number of ether oxygens (including phenoxy) is 1. The van der Waals surface area contributed by atoms with E-state index in [1.165, 1.54) is 0 Å². The highest BCUT2D eigenvalue weighted by Crippen LogP contribution is 2.58. The molecule has 1 aromatic rings. The highest BCUT2D eigenvalue weighted by molar-refractivity contribution is 7.53. The van der Waals surface area contributed by atoms with Crippen LogP contribution in [0.4, 0.5) is 0 Å². The smallest absolute Gasteiger partial charge is 0.362 e. The molecule has 0 spiro atoms. The number of hydrogen-bond donors (Lipinski definition) is 6. The normalized spacial score (nSPS) is 33.3. The van der Waals surface area contributed by atoms with Crippen LogP contribution in [-0.2, 0) is 9.30 Å². The fourth-order valence-corrected chi connectivity index (χ4v) is 3.12. The van der Waals surface area contributed by atoms with Crippen molar-refractivity contribution in [2.24, 2.45) is 0 Å². The van der Waals surface area contributed by atoms with Gasteiger partial charge in [0.15, 0.2) is 6.23 Å². The van der Waals surface area contributed by atoms with Crippen LogP contribution < -0.4 is 11.2 Å². The predicted molar refractivity (Wildman–Crippen MR) is 65.3 cm³/mol. The van der Waals surface area contributed by atoms with Gasteiger partial charge in [0.25, 0.3) is 5.56 Å². The summed E-state index contributed by atoms with van der Waals surface area (Å²) in [7, 11) is -5.30. The molecule has 0 aromatic carbocycles. The number of H-pyrrole nitrogens is 1. The molecule has 0 unspecified atom stereocenters. The topological polar surface area (TPSA) is 182 Å². The van der Waals surface area contributed by atoms with Crippen LogP contribution in [0.15, 0.2) is 21.9 Å². The molecule has 0 saturated carbocycles. The van der Waals surface area contributed by atoms with E-state index < -0.39 is 49.2 Å². The standard InChI is InChI=1S/C9H13N2O9P/c12-3-4-9(16,21(17,18)19)6(14)7(20-4)11-2-1-5(13)10-8(11)15/h1-2,4,6-7,12,14,16H,3H2,(H,10,13,15)(H2,17,18,19)/t4-,6-,7-,9-/m1/s1. The van der Waals surface area contributed by atoms with Crippen LogP contribution in [0, 0.1) is 0 Å². The Kier molecular flexibility index (Phi) is 3.93. The van der Waals surface area contributed by atoms with Crippen molar-refractivity contribution in [3.05, 3.63) is 33.1 Å². The van der Waals surface area contributed by atoms with Gasteiger partial charge in [0.1, 0.15) is 12.2 Å². The van der Waals surface area contributed by atoms with Crippen LogP contribution in [0.1, 0.15) is 6.23 Å². The lowest BCUT2D eigenvalue weighted by molar-refractivity contribution is -0.0615. The maximum absolute atomic E-state index is 11.6. The molecule has 1 aliphatic heterocycles. The summed E-state index contributed by atoms with van der Waals surface area (Å²) in [4.78, 5) is 42.8. The fourth-order valence-electron chi connectivity index (χ4n) is 2.13. The van der Waals surface area contributed by atoms with Crippen molar-refractivity contribution in [3.63, 3.8) is 0 Å². The number of aliphatic hydroxyl groups is 3. The first-order valence-electron chi connectivity index (χ1n) is 5.66. The Bertz CT molecular complexity index is 693. The number of aromatic amines is 1. The minimum Gasteiger partial charge on any atom is -0.394 e. The van der Waals surface area contributed by atoms with Gasteiger partial charge in [-0.3, -0.25) is 18.9 Å². The average Bonchev–Trinajstić information content (AvgIpc) is 2.63. The number of aromatic nitrogens is 2. The predicted octanol–water partition coefficient (Wildman–Crippen LogP) is -3.35. The molecule has 0 bridgehead atoms. The fraction of sp³-hybridized carbons (Fsp3) is 0.556. The molecule has 2 rings (SSSR count). The molecule has 1 saturated heterocycles. The van der Waals surface area contributed by atoms with E-state index >= 15 is 0 Å². The Morgan fingerprint density at radius 3 is 2.48 bits per heavy atom. The zero-order chi connectivity index (χ0) is 16.0. The lowest BCUT2D eigenvalue weighted by Crippen LogP contribution is -2.49. The lowest BCUT2D eigenvalue weighted by Gasteiger charge is -2.30. The molecule has 2 heterocycles. The molecular weight excluding hydrogens is 311 g/mol. The second-order valence-corrected chi connectivity index (χ2v) is 6.29. The maximum Gasteiger partial charge on any atom is 0.362 e. The summed E-state index contributed by atoms with van der Waals surface area (Å²) in [5, 5.41) is 26.0. The second-order valence-electron chi connectivity index (χ2n) is 4.49. The van der Waals surface area contributed by atoms with Crippen molar-refractivity contribution in [1.29, 1.82) is 0 Å². The van der Waals surface area contributed by atoms with Crippen molar-refractivity contribution in [2.75, 3.05) is 6.61 Å². The summed E-state index contributed by atoms with van der Waals surface area (Å²) < 4.78 is 17.0. The largest absolute Gasteiger partial charge is 0.394 e. The molecule has 1 fully saturated rings. The molecule has 1 aliphatic rings. The van der Waals surface area contributed by atoms with Gasteiger partial charge in [-0.15, -0.1) is 0 Å². The van der Waals surface area contributed by atoms with Crippen LogP contribution >= 0.6 is 7.60 Å². The van der Waals surface area contributed by atoms with E-state index in [1.54, 1.807) is 0 Å². The highest BCUT2D eigenvalue weighted by atomic mass is 31.2. The van der Waals surface area contributed by atoms with Crippen molar-refractivity contribution in [1.82, 2.24) is 9.55 Å². The summed E-state index contributed by atoms with van der Waals surface area (Å²) in [6.45, 7) is -1.01. The van der Waals surface area contributed by atoms with Gasteiger partial charge < -0.3 is 29.8 Å². The van der Waals surface area contributed by atoms with Gasteiger partial charge >= 0.3 is 13.3 Å². The first-order chi connectivity index (χ1) is 9.62. The Balaban J connectivity index is 2.52. The third kappa shape index (κ3) is 2.38. The Hall–Kier alpha value is -1.33. The van der Waals surface area contributed by atoms with E-state index in [1.807, 2.05) is 4.98 Å². The Labute approximate surface area is 116 Å². The molecule has 1 aromatic heterocycles. The number of hydrogen-bond acceptors (Lipinski definition) is 7. The highest BCUT2D eigenvalue weighted by Gasteiger charge is 2.65. The minimum atomic E-state index is -5.30. The monoisotopic (exact) mass is 324 g/mol. The van der Waals surface area contributed by atoms with E-state index in [4.69, 9.17) is 9.84 Å². The number of aliphatic hydroxyl groups excluding tert-OH is 2. The lowest BCUT2D eigenvalue weighted by atomic mass is 10.1. The third-order valence-electron chi connectivity index (χ3n) is 3.24. The van der Waals surface area contributed by atoms with Crippen LogP contribution in [0.3, 0.4) is 0 Å². The molecule has 0 amide bonds. The Morgan fingerprint density at radius 1 is 1.43 bits per heavy atom. The molecule has 21 heavy (non-hydrogen) atoms. The van der Waals surface area contributed by atoms with Crippen molar-refractivity contribution in [3.8, 4) is 0 Å². The van der Waals surface area contributed by atoms with Gasteiger partial charge in [0.05, 0.1) is 6.61 Å². The van der Waals surface area contributed by atoms with Crippen LogP contribution in [-0.4, -0.2) is 58.8 Å². The van der Waals surface area contributed by atoms with E-state index in [9.17, 15) is 34.2 Å². The molecule has 6 N–H and O–H groups in total. The van der Waals surface area contributed by atoms with E-state index in [-0.39, 0.29) is 0 Å². The summed E-state index contributed by atoms with van der Waals surface area (Å²) in [5.74, 6) is 0. The zero-order valence-corrected chi connectivity index (χ0v) is 11.3. The summed E-state index contributed by atoms with van der Waals surface area (Å²) in [6.07, 6.45) is -4.80. The van der Waals surface area contributed by atoms with E-state index in [2.05, 4.69) is 0 Å². The molecule has 0 aliphatic carbocycles. The Morgan fingerprint density at radius 2 is 2.05 bits per heavy atom. The van der Waals surface area contributed by atoms with Crippen molar-refractivity contribution < 1.29 is 34.4 Å². The molecule has 4 atom stereocenters. The van der Waals surface area contributed by atoms with Crippen LogP contribution in [0.25, 0.3) is 0 Å². The van der Waals surface area contributed by atoms with Gasteiger partial charge in [-0.1, -0.05) is 0 Å².